The second kappa shape index (κ2) is 7.70. The van der Waals surface area contributed by atoms with Crippen LogP contribution in [0.25, 0.3) is 11.2 Å². The summed E-state index contributed by atoms with van der Waals surface area (Å²) in [6, 6.07) is 0. The Labute approximate surface area is 120 Å². The highest BCUT2D eigenvalue weighted by Crippen LogP contribution is 2.26. The van der Waals surface area contributed by atoms with Crippen molar-refractivity contribution in [3.8, 4) is 0 Å². The molecule has 0 unspecified atom stereocenters. The van der Waals surface area contributed by atoms with Crippen LogP contribution in [0.15, 0.2) is 11.1 Å². The number of fused-ring (bicyclic) bond motifs is 1. The monoisotopic (exact) mass is 363 g/mol. The van der Waals surface area contributed by atoms with Gasteiger partial charge in [-0.05, 0) is 11.8 Å². The standard InChI is InChI=1S/C5H5N5O.H3O4P.H3O3PS/c6-5-9-3-2(4(11)10-5)7-1-8-3;1-5(2,3)4;1-4(2,3)5/h1H,(H4,6,7,8,9,10,11);(H3,1,2,3,4);(H3,1,2,3,5). The second-order valence-corrected chi connectivity index (χ2v) is 6.60. The summed E-state index contributed by atoms with van der Waals surface area (Å²) >= 11 is 3.60. The van der Waals surface area contributed by atoms with Crippen LogP contribution in [0.4, 0.5) is 5.95 Å². The fourth-order valence-electron chi connectivity index (χ4n) is 0.860. The number of phosphoric acid groups is 1. The number of hydrogen-bond acceptors (Lipinski definition) is 6. The van der Waals surface area contributed by atoms with E-state index < -0.39 is 14.5 Å². The molecule has 2 aromatic rings. The Morgan fingerprint density at radius 3 is 2.05 bits per heavy atom. The van der Waals surface area contributed by atoms with Crippen LogP contribution in [-0.4, -0.2) is 49.3 Å². The molecule has 2 heterocycles. The molecular weight excluding hydrogens is 352 g/mol. The highest BCUT2D eigenvalue weighted by atomic mass is 32.5. The number of nitrogen functional groups attached to an aromatic ring is 1. The van der Waals surface area contributed by atoms with Crippen molar-refractivity contribution in [3.63, 3.8) is 0 Å². The Morgan fingerprint density at radius 2 is 1.62 bits per heavy atom. The fraction of sp³-hybridized carbons (Fsp3) is 0. The number of rotatable bonds is 0. The van der Waals surface area contributed by atoms with Gasteiger partial charge >= 0.3 is 14.5 Å². The molecular formula is C5H11N5O8P2S. The van der Waals surface area contributed by atoms with Gasteiger partial charge in [0.05, 0.1) is 6.33 Å². The topological polar surface area (TPSA) is 239 Å². The van der Waals surface area contributed by atoms with E-state index in [1.54, 1.807) is 0 Å². The number of aromatic amines is 2. The Bertz CT molecular complexity index is 695. The molecule has 0 bridgehead atoms. The lowest BCUT2D eigenvalue weighted by Gasteiger charge is -1.89. The van der Waals surface area contributed by atoms with E-state index in [-0.39, 0.29) is 11.5 Å². The van der Waals surface area contributed by atoms with Gasteiger partial charge in [-0.3, -0.25) is 9.78 Å². The molecule has 2 rings (SSSR count). The number of nitrogens with zero attached hydrogens (tertiary/aromatic N) is 2. The lowest BCUT2D eigenvalue weighted by Crippen LogP contribution is -2.10. The lowest BCUT2D eigenvalue weighted by atomic mass is 10.5. The summed E-state index contributed by atoms with van der Waals surface area (Å²) < 4.78 is 8.88. The Balaban J connectivity index is 0.000000340. The molecule has 21 heavy (non-hydrogen) atoms. The minimum absolute atomic E-state index is 0.0783. The van der Waals surface area contributed by atoms with Gasteiger partial charge in [0.1, 0.15) is 0 Å². The number of H-pyrrole nitrogens is 2. The fourth-order valence-corrected chi connectivity index (χ4v) is 0.860. The maximum atomic E-state index is 11.0. The van der Waals surface area contributed by atoms with E-state index >= 15 is 0 Å². The molecule has 0 saturated heterocycles. The zero-order chi connectivity index (χ0) is 16.8. The summed E-state index contributed by atoms with van der Waals surface area (Å²) in [5.41, 5.74) is 5.65. The SMILES string of the molecule is Nc1nc2nc[nH]c2c(=O)[nH]1.O=P(O)(O)O.OP(O)(O)=S. The van der Waals surface area contributed by atoms with Gasteiger partial charge in [-0.2, -0.15) is 4.98 Å². The van der Waals surface area contributed by atoms with Gasteiger partial charge in [0.2, 0.25) is 5.95 Å². The van der Waals surface area contributed by atoms with Gasteiger partial charge < -0.3 is 40.1 Å². The van der Waals surface area contributed by atoms with Crippen molar-refractivity contribution in [2.75, 3.05) is 5.73 Å². The number of imidazole rings is 1. The molecule has 120 valence electrons. The van der Waals surface area contributed by atoms with Crippen LogP contribution in [-0.2, 0) is 16.4 Å². The molecule has 0 spiro atoms. The third-order valence-electron chi connectivity index (χ3n) is 1.31. The van der Waals surface area contributed by atoms with Crippen LogP contribution < -0.4 is 11.3 Å². The summed E-state index contributed by atoms with van der Waals surface area (Å²) in [6.45, 7) is -3.81. The summed E-state index contributed by atoms with van der Waals surface area (Å²) in [4.78, 5) is 67.8. The zero-order valence-electron chi connectivity index (χ0n) is 9.85. The second-order valence-electron chi connectivity index (χ2n) is 3.08. The largest absolute Gasteiger partial charge is 0.466 e. The van der Waals surface area contributed by atoms with Crippen molar-refractivity contribution < 1.29 is 33.9 Å². The van der Waals surface area contributed by atoms with E-state index in [0.717, 1.165) is 0 Å². The van der Waals surface area contributed by atoms with Crippen LogP contribution in [0.5, 0.6) is 0 Å². The normalized spacial score (nSPS) is 11.1. The van der Waals surface area contributed by atoms with Gasteiger partial charge in [0, 0.05) is 0 Å². The van der Waals surface area contributed by atoms with E-state index in [1.807, 2.05) is 0 Å². The summed E-state index contributed by atoms with van der Waals surface area (Å²) in [5, 5.41) is 0. The van der Waals surface area contributed by atoms with E-state index in [2.05, 4.69) is 31.7 Å². The molecule has 0 radical (unpaired) electrons. The van der Waals surface area contributed by atoms with Crippen LogP contribution >= 0.6 is 14.5 Å². The van der Waals surface area contributed by atoms with Gasteiger partial charge in [0.15, 0.2) is 11.2 Å². The Kier molecular flexibility index (Phi) is 7.26. The molecule has 16 heteroatoms. The molecule has 10 N–H and O–H groups in total. The number of aromatic nitrogens is 4. The molecule has 0 atom stereocenters. The number of nitrogens with two attached hydrogens (primary N) is 1. The van der Waals surface area contributed by atoms with E-state index in [0.29, 0.717) is 11.2 Å². The minimum Gasteiger partial charge on any atom is -0.369 e. The summed E-state index contributed by atoms with van der Waals surface area (Å²) in [6.07, 6.45) is 1.40. The first-order valence-electron chi connectivity index (χ1n) is 4.53. The van der Waals surface area contributed by atoms with Crippen molar-refractivity contribution in [1.82, 2.24) is 19.9 Å². The molecule has 0 fully saturated rings. The predicted octanol–water partition coefficient (Wildman–Crippen LogP) is -2.51. The minimum atomic E-state index is -4.64. The van der Waals surface area contributed by atoms with E-state index in [1.165, 1.54) is 6.33 Å². The van der Waals surface area contributed by atoms with Crippen molar-refractivity contribution in [2.24, 2.45) is 0 Å². The summed E-state index contributed by atoms with van der Waals surface area (Å²) in [7, 11) is -4.64. The Morgan fingerprint density at radius 1 is 1.19 bits per heavy atom. The summed E-state index contributed by atoms with van der Waals surface area (Å²) in [5.74, 6) is 0.0783. The maximum Gasteiger partial charge on any atom is 0.466 e. The maximum absolute atomic E-state index is 11.0. The first-order valence-corrected chi connectivity index (χ1v) is 8.75. The van der Waals surface area contributed by atoms with Gasteiger partial charge in [0.25, 0.3) is 5.56 Å². The molecule has 2 aromatic heterocycles. The molecule has 0 aliphatic heterocycles. The molecule has 13 nitrogen and oxygen atoms in total. The smallest absolute Gasteiger partial charge is 0.369 e. The first-order chi connectivity index (χ1) is 9.27. The first kappa shape index (κ1) is 19.8. The van der Waals surface area contributed by atoms with Crippen LogP contribution in [0.2, 0.25) is 0 Å². The van der Waals surface area contributed by atoms with E-state index in [9.17, 15) is 4.79 Å². The molecule has 0 aliphatic carbocycles. The molecule has 0 aromatic carbocycles. The number of nitrogens with one attached hydrogen (secondary N) is 2. The van der Waals surface area contributed by atoms with Crippen molar-refractivity contribution in [3.05, 3.63) is 16.7 Å². The predicted molar refractivity (Wildman–Crippen MR) is 74.1 cm³/mol. The van der Waals surface area contributed by atoms with Gasteiger partial charge in [-0.25, -0.2) is 9.55 Å². The Hall–Kier alpha value is -1.21. The van der Waals surface area contributed by atoms with Crippen LogP contribution in [0.1, 0.15) is 0 Å². The number of hydrogen-bond donors (Lipinski definition) is 9. The third kappa shape index (κ3) is 12.3. The van der Waals surface area contributed by atoms with Crippen molar-refractivity contribution in [1.29, 1.82) is 0 Å². The van der Waals surface area contributed by atoms with Crippen molar-refractivity contribution in [2.45, 2.75) is 0 Å². The average molecular weight is 363 g/mol. The highest BCUT2D eigenvalue weighted by Gasteiger charge is 2.01. The van der Waals surface area contributed by atoms with Crippen LogP contribution in [0.3, 0.4) is 0 Å². The molecule has 0 saturated carbocycles. The molecule has 0 amide bonds. The third-order valence-corrected chi connectivity index (χ3v) is 1.31. The molecule has 0 aliphatic rings. The lowest BCUT2D eigenvalue weighted by molar-refractivity contribution is 0.275. The van der Waals surface area contributed by atoms with E-state index in [4.69, 9.17) is 39.7 Å². The quantitative estimate of drug-likeness (QED) is 0.220. The number of anilines is 1. The highest BCUT2D eigenvalue weighted by molar-refractivity contribution is 8.06. The van der Waals surface area contributed by atoms with Gasteiger partial charge in [-0.1, -0.05) is 0 Å². The van der Waals surface area contributed by atoms with Gasteiger partial charge in [-0.15, -0.1) is 0 Å². The average Bonchev–Trinajstić information content (AvgIpc) is 2.59. The van der Waals surface area contributed by atoms with Crippen molar-refractivity contribution >= 4 is 43.5 Å². The van der Waals surface area contributed by atoms with Crippen LogP contribution in [0, 0.1) is 0 Å². The zero-order valence-corrected chi connectivity index (χ0v) is 12.5.